The molecule has 0 spiro atoms. The predicted molar refractivity (Wildman–Crippen MR) is 127 cm³/mol. The number of hydrogen-bond donors (Lipinski definition) is 2. The number of halogens is 1. The van der Waals surface area contributed by atoms with Crippen LogP contribution in [0.3, 0.4) is 0 Å². The Labute approximate surface area is 190 Å². The van der Waals surface area contributed by atoms with Gasteiger partial charge in [-0.2, -0.15) is 0 Å². The second-order valence-corrected chi connectivity index (χ2v) is 5.87. The average Bonchev–Trinajstić information content (AvgIpc) is 2.74. The van der Waals surface area contributed by atoms with Crippen molar-refractivity contribution in [3.63, 3.8) is 0 Å². The first-order valence-electron chi connectivity index (χ1n) is 9.08. The van der Waals surface area contributed by atoms with Crippen LogP contribution >= 0.6 is 24.0 Å². The van der Waals surface area contributed by atoms with E-state index >= 15 is 0 Å². The summed E-state index contributed by atoms with van der Waals surface area (Å²) in [4.78, 5) is 4.64. The molecule has 0 unspecified atom stereocenters. The van der Waals surface area contributed by atoms with E-state index in [2.05, 4.69) is 21.5 Å². The molecule has 0 aliphatic heterocycles. The normalized spacial score (nSPS) is 10.3. The largest absolute Gasteiger partial charge is 0.497 e. The molecular weight excluding hydrogens is 481 g/mol. The molecule has 2 aromatic rings. The van der Waals surface area contributed by atoms with Gasteiger partial charge in [0, 0.05) is 13.1 Å². The summed E-state index contributed by atoms with van der Waals surface area (Å²) < 4.78 is 16.0. The number of aliphatic imine (C=N–C) groups is 1. The van der Waals surface area contributed by atoms with Crippen molar-refractivity contribution in [1.29, 1.82) is 0 Å². The fourth-order valence-corrected chi connectivity index (χ4v) is 2.49. The van der Waals surface area contributed by atoms with Crippen LogP contribution in [-0.2, 0) is 13.1 Å². The van der Waals surface area contributed by atoms with Crippen molar-refractivity contribution in [3.05, 3.63) is 53.6 Å². The van der Waals surface area contributed by atoms with Gasteiger partial charge in [-0.15, -0.1) is 30.4 Å². The van der Waals surface area contributed by atoms with Gasteiger partial charge in [-0.05, 0) is 42.3 Å². The van der Waals surface area contributed by atoms with Crippen molar-refractivity contribution in [2.45, 2.75) is 20.0 Å². The van der Waals surface area contributed by atoms with Crippen molar-refractivity contribution in [3.8, 4) is 29.6 Å². The quantitative estimate of drug-likeness (QED) is 0.234. The van der Waals surface area contributed by atoms with Gasteiger partial charge >= 0.3 is 0 Å². The Hall–Kier alpha value is -2.60. The summed E-state index contributed by atoms with van der Waals surface area (Å²) in [6.07, 6.45) is 5.27. The monoisotopic (exact) mass is 509 g/mol. The van der Waals surface area contributed by atoms with Crippen LogP contribution in [0.15, 0.2) is 47.5 Å². The van der Waals surface area contributed by atoms with Gasteiger partial charge in [0.15, 0.2) is 17.5 Å². The van der Waals surface area contributed by atoms with Gasteiger partial charge in [-0.3, -0.25) is 0 Å². The first kappa shape index (κ1) is 24.4. The lowest BCUT2D eigenvalue weighted by atomic mass is 10.2. The minimum Gasteiger partial charge on any atom is -0.497 e. The van der Waals surface area contributed by atoms with E-state index in [1.807, 2.05) is 49.4 Å². The highest BCUT2D eigenvalue weighted by Crippen LogP contribution is 2.28. The summed E-state index contributed by atoms with van der Waals surface area (Å²) in [6.45, 7) is 4.15. The lowest BCUT2D eigenvalue weighted by molar-refractivity contribution is 0.330. The van der Waals surface area contributed by atoms with Crippen LogP contribution in [0.25, 0.3) is 0 Å². The highest BCUT2D eigenvalue weighted by Gasteiger charge is 2.06. The topological polar surface area (TPSA) is 64.1 Å². The number of nitrogens with one attached hydrogen (secondary N) is 2. The highest BCUT2D eigenvalue weighted by atomic mass is 127. The Morgan fingerprint density at radius 2 is 1.72 bits per heavy atom. The summed E-state index contributed by atoms with van der Waals surface area (Å²) in [5.74, 6) is 5.30. The minimum absolute atomic E-state index is 0. The first-order chi connectivity index (χ1) is 13.7. The fraction of sp³-hybridized carbons (Fsp3) is 0.318. The number of nitrogens with zero attached hydrogens (tertiary/aromatic N) is 1. The van der Waals surface area contributed by atoms with Gasteiger partial charge in [0.25, 0.3) is 0 Å². The first-order valence-corrected chi connectivity index (χ1v) is 9.08. The summed E-state index contributed by atoms with van der Waals surface area (Å²) in [7, 11) is 3.26. The number of hydrogen-bond acceptors (Lipinski definition) is 4. The molecule has 0 radical (unpaired) electrons. The third-order valence-corrected chi connectivity index (χ3v) is 3.92. The van der Waals surface area contributed by atoms with Crippen LogP contribution < -0.4 is 24.8 Å². The highest BCUT2D eigenvalue weighted by molar-refractivity contribution is 14.0. The third-order valence-electron chi connectivity index (χ3n) is 3.92. The van der Waals surface area contributed by atoms with Crippen molar-refractivity contribution in [2.75, 3.05) is 27.4 Å². The van der Waals surface area contributed by atoms with Crippen LogP contribution in [-0.4, -0.2) is 33.3 Å². The zero-order valence-corrected chi connectivity index (χ0v) is 19.4. The molecule has 0 aliphatic rings. The number of terminal acetylenes is 1. The number of ether oxygens (including phenoxy) is 3. The molecular formula is C22H28IN3O3. The second-order valence-electron chi connectivity index (χ2n) is 5.87. The molecule has 2 rings (SSSR count). The lowest BCUT2D eigenvalue weighted by Gasteiger charge is -2.13. The molecule has 0 fully saturated rings. The minimum atomic E-state index is 0. The van der Waals surface area contributed by atoms with Gasteiger partial charge in [0.2, 0.25) is 0 Å². The Morgan fingerprint density at radius 3 is 2.34 bits per heavy atom. The van der Waals surface area contributed by atoms with Crippen molar-refractivity contribution < 1.29 is 14.2 Å². The molecule has 29 heavy (non-hydrogen) atoms. The summed E-state index contributed by atoms with van der Waals surface area (Å²) in [5, 5.41) is 6.58. The van der Waals surface area contributed by atoms with Crippen molar-refractivity contribution in [1.82, 2.24) is 10.6 Å². The van der Waals surface area contributed by atoms with Crippen LogP contribution in [0.4, 0.5) is 0 Å². The SMILES string of the molecule is C#CCOc1cc(CN=C(NCC)NCc2ccc(OC)cc2)ccc1OC.I. The second kappa shape index (κ2) is 13.6. The summed E-state index contributed by atoms with van der Waals surface area (Å²) in [6, 6.07) is 13.6. The Balaban J connectivity index is 0.00000420. The smallest absolute Gasteiger partial charge is 0.191 e. The summed E-state index contributed by atoms with van der Waals surface area (Å²) >= 11 is 0. The third kappa shape index (κ3) is 8.11. The maximum atomic E-state index is 5.55. The van der Waals surface area contributed by atoms with E-state index in [0.717, 1.165) is 29.4 Å². The van der Waals surface area contributed by atoms with E-state index in [0.29, 0.717) is 24.6 Å². The molecule has 2 aromatic carbocycles. The fourth-order valence-electron chi connectivity index (χ4n) is 2.49. The maximum Gasteiger partial charge on any atom is 0.191 e. The van der Waals surface area contributed by atoms with Gasteiger partial charge < -0.3 is 24.8 Å². The molecule has 0 saturated carbocycles. The number of guanidine groups is 1. The van der Waals surface area contributed by atoms with E-state index in [9.17, 15) is 0 Å². The average molecular weight is 509 g/mol. The van der Waals surface area contributed by atoms with Crippen LogP contribution in [0, 0.1) is 12.3 Å². The maximum absolute atomic E-state index is 5.55. The number of methoxy groups -OCH3 is 2. The summed E-state index contributed by atoms with van der Waals surface area (Å²) in [5.41, 5.74) is 2.13. The zero-order valence-electron chi connectivity index (χ0n) is 17.0. The van der Waals surface area contributed by atoms with Gasteiger partial charge in [0.05, 0.1) is 20.8 Å². The van der Waals surface area contributed by atoms with Crippen LogP contribution in [0.1, 0.15) is 18.1 Å². The van der Waals surface area contributed by atoms with Crippen LogP contribution in [0.2, 0.25) is 0 Å². The standard InChI is InChI=1S/C22H27N3O3.HI/c1-5-13-28-21-14-18(9-12-20(21)27-4)16-25-22(23-6-2)24-15-17-7-10-19(26-3)11-8-17;/h1,7-12,14H,6,13,15-16H2,2-4H3,(H2,23,24,25);1H. The molecule has 0 aromatic heterocycles. The van der Waals surface area contributed by atoms with Gasteiger partial charge in [-0.25, -0.2) is 4.99 Å². The van der Waals surface area contributed by atoms with Crippen molar-refractivity contribution >= 4 is 29.9 Å². The molecule has 156 valence electrons. The molecule has 0 atom stereocenters. The predicted octanol–water partition coefficient (Wildman–Crippen LogP) is 3.59. The molecule has 0 bridgehead atoms. The van der Waals surface area contributed by atoms with Gasteiger partial charge in [0.1, 0.15) is 12.4 Å². The number of rotatable bonds is 9. The molecule has 0 saturated heterocycles. The molecule has 2 N–H and O–H groups in total. The van der Waals surface area contributed by atoms with E-state index < -0.39 is 0 Å². The number of benzene rings is 2. The Kier molecular flexibility index (Phi) is 11.4. The Morgan fingerprint density at radius 1 is 1.00 bits per heavy atom. The lowest BCUT2D eigenvalue weighted by Crippen LogP contribution is -2.36. The molecule has 7 heteroatoms. The van der Waals surface area contributed by atoms with Gasteiger partial charge in [-0.1, -0.05) is 24.1 Å². The molecule has 6 nitrogen and oxygen atoms in total. The van der Waals surface area contributed by atoms with E-state index in [4.69, 9.17) is 20.6 Å². The molecule has 0 aliphatic carbocycles. The van der Waals surface area contributed by atoms with E-state index in [-0.39, 0.29) is 30.6 Å². The van der Waals surface area contributed by atoms with Crippen LogP contribution in [0.5, 0.6) is 17.2 Å². The van der Waals surface area contributed by atoms with Crippen molar-refractivity contribution in [2.24, 2.45) is 4.99 Å². The van der Waals surface area contributed by atoms with E-state index in [1.165, 1.54) is 0 Å². The van der Waals surface area contributed by atoms with E-state index in [1.54, 1.807) is 14.2 Å². The zero-order chi connectivity index (χ0) is 20.2. The molecule has 0 amide bonds. The Bertz CT molecular complexity index is 817. The molecule has 0 heterocycles.